The Labute approximate surface area is 123 Å². The first-order valence-electron chi connectivity index (χ1n) is 6.23. The largest absolute Gasteiger partial charge is 0.480 e. The van der Waals surface area contributed by atoms with Crippen molar-refractivity contribution >= 4 is 29.7 Å². The van der Waals surface area contributed by atoms with Gasteiger partial charge in [0.05, 0.1) is 6.54 Å². The highest BCUT2D eigenvalue weighted by molar-refractivity contribution is 7.98. The number of rotatable bonds is 7. The highest BCUT2D eigenvalue weighted by Gasteiger charge is 2.20. The first-order valence-corrected chi connectivity index (χ1v) is 7.62. The molecule has 0 rings (SSSR count). The predicted molar refractivity (Wildman–Crippen MR) is 78.9 cm³/mol. The van der Waals surface area contributed by atoms with Crippen molar-refractivity contribution in [3.05, 3.63) is 0 Å². The van der Waals surface area contributed by atoms with E-state index in [0.717, 1.165) is 0 Å². The Hall–Kier alpha value is -1.44. The van der Waals surface area contributed by atoms with Crippen molar-refractivity contribution in [1.82, 2.24) is 16.0 Å². The zero-order valence-corrected chi connectivity index (χ0v) is 13.1. The molecule has 0 aliphatic rings. The predicted octanol–water partition coefficient (Wildman–Crippen LogP) is 0.407. The van der Waals surface area contributed by atoms with E-state index in [-0.39, 0.29) is 18.0 Å². The van der Waals surface area contributed by atoms with Crippen LogP contribution in [0.5, 0.6) is 0 Å². The van der Waals surface area contributed by atoms with Gasteiger partial charge in [0.15, 0.2) is 0 Å². The van der Waals surface area contributed by atoms with Crippen molar-refractivity contribution in [3.63, 3.8) is 0 Å². The molecule has 0 radical (unpaired) electrons. The first kappa shape index (κ1) is 18.6. The number of carbonyl (C=O) groups excluding carboxylic acids is 2. The van der Waals surface area contributed by atoms with Gasteiger partial charge in [-0.25, -0.2) is 9.59 Å². The standard InChI is InChI=1S/C12H23N3O4S/c1-12(2,3)15-9(16)7-13-11(19)14-8(10(17)18)5-6-20-4/h8H,5-7H2,1-4H3,(H,15,16)(H,17,18)(H2,13,14,19). The van der Waals surface area contributed by atoms with E-state index in [0.29, 0.717) is 12.2 Å². The molecule has 4 N–H and O–H groups in total. The Bertz CT molecular complexity index is 355. The molecule has 116 valence electrons. The molecule has 20 heavy (non-hydrogen) atoms. The zero-order chi connectivity index (χ0) is 15.8. The van der Waals surface area contributed by atoms with Gasteiger partial charge >= 0.3 is 12.0 Å². The normalized spacial score (nSPS) is 12.4. The highest BCUT2D eigenvalue weighted by atomic mass is 32.2. The molecule has 0 heterocycles. The molecule has 0 fully saturated rings. The Morgan fingerprint density at radius 3 is 2.30 bits per heavy atom. The molecule has 8 heteroatoms. The van der Waals surface area contributed by atoms with Gasteiger partial charge < -0.3 is 21.1 Å². The molecule has 0 bridgehead atoms. The molecular formula is C12H23N3O4S. The molecule has 0 aliphatic carbocycles. The molecule has 0 spiro atoms. The van der Waals surface area contributed by atoms with E-state index in [1.165, 1.54) is 11.8 Å². The minimum absolute atomic E-state index is 0.196. The molecule has 1 unspecified atom stereocenters. The van der Waals surface area contributed by atoms with Crippen LogP contribution in [0.3, 0.4) is 0 Å². The summed E-state index contributed by atoms with van der Waals surface area (Å²) in [6, 6.07) is -1.62. The second-order valence-electron chi connectivity index (χ2n) is 5.30. The van der Waals surface area contributed by atoms with Crippen LogP contribution < -0.4 is 16.0 Å². The summed E-state index contributed by atoms with van der Waals surface area (Å²) in [6.07, 6.45) is 2.19. The Balaban J connectivity index is 4.14. The van der Waals surface area contributed by atoms with E-state index in [9.17, 15) is 14.4 Å². The molecule has 0 aromatic rings. The summed E-state index contributed by atoms with van der Waals surface area (Å²) in [7, 11) is 0. The van der Waals surface area contributed by atoms with Crippen molar-refractivity contribution in [1.29, 1.82) is 0 Å². The fourth-order valence-electron chi connectivity index (χ4n) is 1.33. The fraction of sp³-hybridized carbons (Fsp3) is 0.750. The molecule has 0 saturated heterocycles. The highest BCUT2D eigenvalue weighted by Crippen LogP contribution is 2.01. The molecule has 0 aromatic heterocycles. The van der Waals surface area contributed by atoms with Crippen LogP contribution in [0.15, 0.2) is 0 Å². The molecular weight excluding hydrogens is 282 g/mol. The van der Waals surface area contributed by atoms with Crippen molar-refractivity contribution in [3.8, 4) is 0 Å². The van der Waals surface area contributed by atoms with E-state index in [2.05, 4.69) is 16.0 Å². The van der Waals surface area contributed by atoms with Crippen LogP contribution in [0.2, 0.25) is 0 Å². The number of carbonyl (C=O) groups is 3. The number of amides is 3. The summed E-state index contributed by atoms with van der Waals surface area (Å²) < 4.78 is 0. The van der Waals surface area contributed by atoms with Crippen LogP contribution in [-0.4, -0.2) is 53.1 Å². The lowest BCUT2D eigenvalue weighted by Gasteiger charge is -2.21. The Morgan fingerprint density at radius 2 is 1.85 bits per heavy atom. The lowest BCUT2D eigenvalue weighted by Crippen LogP contribution is -2.50. The summed E-state index contributed by atoms with van der Waals surface area (Å²) >= 11 is 1.50. The zero-order valence-electron chi connectivity index (χ0n) is 12.3. The first-order chi connectivity index (χ1) is 9.15. The van der Waals surface area contributed by atoms with E-state index in [4.69, 9.17) is 5.11 Å². The fourth-order valence-corrected chi connectivity index (χ4v) is 1.80. The monoisotopic (exact) mass is 305 g/mol. The van der Waals surface area contributed by atoms with Gasteiger partial charge in [-0.05, 0) is 39.2 Å². The molecule has 0 saturated carbocycles. The van der Waals surface area contributed by atoms with Crippen LogP contribution >= 0.6 is 11.8 Å². The number of hydrogen-bond acceptors (Lipinski definition) is 4. The van der Waals surface area contributed by atoms with Gasteiger partial charge in [-0.3, -0.25) is 4.79 Å². The van der Waals surface area contributed by atoms with Gasteiger partial charge in [-0.1, -0.05) is 0 Å². The number of carboxylic acid groups (broad SMARTS) is 1. The number of thioether (sulfide) groups is 1. The summed E-state index contributed by atoms with van der Waals surface area (Å²) in [5.41, 5.74) is -0.378. The maximum atomic E-state index is 11.5. The van der Waals surface area contributed by atoms with Gasteiger partial charge in [0.25, 0.3) is 0 Å². The molecule has 3 amide bonds. The summed E-state index contributed by atoms with van der Waals surface area (Å²) in [4.78, 5) is 33.9. The number of urea groups is 1. The number of carboxylic acids is 1. The third-order valence-corrected chi connectivity index (χ3v) is 2.78. The second-order valence-corrected chi connectivity index (χ2v) is 6.28. The molecule has 1 atom stereocenters. The number of hydrogen-bond donors (Lipinski definition) is 4. The maximum Gasteiger partial charge on any atom is 0.326 e. The van der Waals surface area contributed by atoms with Crippen LogP contribution in [0.1, 0.15) is 27.2 Å². The van der Waals surface area contributed by atoms with Gasteiger partial charge in [0.2, 0.25) is 5.91 Å². The van der Waals surface area contributed by atoms with Crippen molar-refractivity contribution < 1.29 is 19.5 Å². The van der Waals surface area contributed by atoms with Gasteiger partial charge in [0.1, 0.15) is 6.04 Å². The van der Waals surface area contributed by atoms with Crippen molar-refractivity contribution in [2.75, 3.05) is 18.6 Å². The number of nitrogens with one attached hydrogen (secondary N) is 3. The molecule has 0 aliphatic heterocycles. The van der Waals surface area contributed by atoms with Gasteiger partial charge in [-0.2, -0.15) is 11.8 Å². The van der Waals surface area contributed by atoms with E-state index < -0.39 is 18.0 Å². The molecule has 0 aromatic carbocycles. The van der Waals surface area contributed by atoms with Crippen LogP contribution in [0.25, 0.3) is 0 Å². The Kier molecular flexibility index (Phi) is 8.05. The van der Waals surface area contributed by atoms with E-state index in [1.54, 1.807) is 0 Å². The van der Waals surface area contributed by atoms with E-state index >= 15 is 0 Å². The van der Waals surface area contributed by atoms with Crippen LogP contribution in [0.4, 0.5) is 4.79 Å². The maximum absolute atomic E-state index is 11.5. The van der Waals surface area contributed by atoms with Crippen molar-refractivity contribution in [2.24, 2.45) is 0 Å². The second kappa shape index (κ2) is 8.68. The van der Waals surface area contributed by atoms with Crippen LogP contribution in [-0.2, 0) is 9.59 Å². The van der Waals surface area contributed by atoms with Crippen molar-refractivity contribution in [2.45, 2.75) is 38.8 Å². The quantitative estimate of drug-likeness (QED) is 0.545. The minimum Gasteiger partial charge on any atom is -0.480 e. The SMILES string of the molecule is CSCCC(NC(=O)NCC(=O)NC(C)(C)C)C(=O)O. The van der Waals surface area contributed by atoms with Gasteiger partial charge in [0, 0.05) is 5.54 Å². The van der Waals surface area contributed by atoms with E-state index in [1.807, 2.05) is 27.0 Å². The Morgan fingerprint density at radius 1 is 1.25 bits per heavy atom. The van der Waals surface area contributed by atoms with Gasteiger partial charge in [-0.15, -0.1) is 0 Å². The third-order valence-electron chi connectivity index (χ3n) is 2.14. The third kappa shape index (κ3) is 9.48. The smallest absolute Gasteiger partial charge is 0.326 e. The summed E-state index contributed by atoms with van der Waals surface area (Å²) in [5.74, 6) is -0.793. The topological polar surface area (TPSA) is 108 Å². The number of aliphatic carboxylic acids is 1. The average molecular weight is 305 g/mol. The lowest BCUT2D eigenvalue weighted by molar-refractivity contribution is -0.139. The minimum atomic E-state index is -1.09. The average Bonchev–Trinajstić information content (AvgIpc) is 2.29. The summed E-state index contributed by atoms with van der Waals surface area (Å²) in [6.45, 7) is 5.29. The van der Waals surface area contributed by atoms with Crippen LogP contribution in [0, 0.1) is 0 Å². The lowest BCUT2D eigenvalue weighted by atomic mass is 10.1. The molecule has 7 nitrogen and oxygen atoms in total. The summed E-state index contributed by atoms with van der Waals surface area (Å²) in [5, 5.41) is 16.3.